The lowest BCUT2D eigenvalue weighted by Crippen LogP contribution is -2.50. The lowest BCUT2D eigenvalue weighted by molar-refractivity contribution is -0.0936. The van der Waals surface area contributed by atoms with E-state index < -0.39 is 88.5 Å². The molecule has 4 aromatic carbocycles. The zero-order chi connectivity index (χ0) is 59.2. The molecular formula is C60H75N8O13PSi. The third-order valence-corrected chi connectivity index (χ3v) is 21.0. The van der Waals surface area contributed by atoms with Gasteiger partial charge in [0.25, 0.3) is 11.5 Å². The molecule has 2 aliphatic heterocycles. The first-order valence-electron chi connectivity index (χ1n) is 27.5. The van der Waals surface area contributed by atoms with Crippen LogP contribution >= 0.6 is 8.38 Å². The Kier molecular flexibility index (Phi) is 19.1. The largest absolute Gasteiger partial charge is 0.497 e. The Hall–Kier alpha value is -6.69. The number of aromatic amines is 1. The van der Waals surface area contributed by atoms with Crippen molar-refractivity contribution in [3.05, 3.63) is 171 Å². The van der Waals surface area contributed by atoms with Gasteiger partial charge in [-0.25, -0.2) is 9.78 Å². The van der Waals surface area contributed by atoms with Crippen molar-refractivity contribution in [3.63, 3.8) is 0 Å². The van der Waals surface area contributed by atoms with Gasteiger partial charge < -0.3 is 57.3 Å². The molecular weight excluding hydrogens is 1100 g/mol. The molecule has 21 nitrogen and oxygen atoms in total. The fourth-order valence-corrected chi connectivity index (χ4v) is 12.4. The van der Waals surface area contributed by atoms with E-state index in [-0.39, 0.29) is 47.1 Å². The van der Waals surface area contributed by atoms with Crippen molar-refractivity contribution in [3.8, 4) is 11.5 Å². The third kappa shape index (κ3) is 13.2. The smallest absolute Gasteiger partial charge is 0.351 e. The molecule has 0 radical (unpaired) electrons. The first kappa shape index (κ1) is 60.9. The van der Waals surface area contributed by atoms with Gasteiger partial charge in [-0.15, -0.1) is 0 Å². The number of nitrogens with one attached hydrogen (secondary N) is 3. The van der Waals surface area contributed by atoms with Crippen molar-refractivity contribution in [2.24, 2.45) is 5.92 Å². The maximum Gasteiger partial charge on any atom is 0.351 e. The fourth-order valence-electron chi connectivity index (χ4n) is 10.0. The molecule has 0 aliphatic carbocycles. The first-order chi connectivity index (χ1) is 39.8. The molecule has 7 aromatic rings. The number of ether oxygens (including phenoxy) is 7. The Morgan fingerprint density at radius 3 is 1.87 bits per heavy atom. The van der Waals surface area contributed by atoms with E-state index in [9.17, 15) is 14.4 Å². The minimum absolute atomic E-state index is 0.0435. The number of benzene rings is 4. The average Bonchev–Trinajstić information content (AvgIpc) is 3.26. The van der Waals surface area contributed by atoms with Gasteiger partial charge in [0.05, 0.1) is 33.8 Å². The average molecular weight is 1180 g/mol. The second kappa shape index (κ2) is 26.1. The Morgan fingerprint density at radius 2 is 1.30 bits per heavy atom. The number of carbonyl (C=O) groups is 1. The third-order valence-electron chi connectivity index (χ3n) is 15.4. The number of rotatable bonds is 24. The predicted molar refractivity (Wildman–Crippen MR) is 318 cm³/mol. The van der Waals surface area contributed by atoms with E-state index in [1.807, 2.05) is 91.6 Å². The normalized spacial score (nSPS) is 21.6. The second-order valence-corrected chi connectivity index (χ2v) is 28.4. The molecule has 9 atom stereocenters. The number of amides is 1. The number of methoxy groups -OCH3 is 4. The number of anilines is 2. The number of hydrogen-bond donors (Lipinski definition) is 3. The summed E-state index contributed by atoms with van der Waals surface area (Å²) < 4.78 is 69.0. The van der Waals surface area contributed by atoms with Crippen LogP contribution in [-0.4, -0.2) is 135 Å². The molecule has 1 unspecified atom stereocenters. The van der Waals surface area contributed by atoms with Crippen LogP contribution in [0.2, 0.25) is 18.1 Å². The topological polar surface area (TPSA) is 232 Å². The molecule has 5 heterocycles. The second-order valence-electron chi connectivity index (χ2n) is 22.3. The molecule has 0 saturated carbocycles. The van der Waals surface area contributed by atoms with Gasteiger partial charge in [0.15, 0.2) is 40.3 Å². The Bertz CT molecular complexity index is 3350. The van der Waals surface area contributed by atoms with Gasteiger partial charge in [0.1, 0.15) is 59.5 Å². The lowest BCUT2D eigenvalue weighted by atomic mass is 9.80. The monoisotopic (exact) mass is 1170 g/mol. The highest BCUT2D eigenvalue weighted by Gasteiger charge is 2.53. The maximum absolute atomic E-state index is 13.9. The van der Waals surface area contributed by atoms with Gasteiger partial charge in [-0.05, 0) is 83.2 Å². The Balaban J connectivity index is 1.05. The van der Waals surface area contributed by atoms with Crippen LogP contribution in [0.5, 0.6) is 11.5 Å². The molecule has 23 heteroatoms. The minimum Gasteiger partial charge on any atom is -0.497 e. The first-order valence-corrected chi connectivity index (χ1v) is 32.0. The van der Waals surface area contributed by atoms with Gasteiger partial charge >= 0.3 is 5.69 Å². The number of H-pyrrole nitrogens is 1. The van der Waals surface area contributed by atoms with Crippen molar-refractivity contribution >= 4 is 45.5 Å². The summed E-state index contributed by atoms with van der Waals surface area (Å²) in [4.78, 5) is 56.8. The van der Waals surface area contributed by atoms with Crippen LogP contribution in [0.3, 0.4) is 0 Å². The summed E-state index contributed by atoms with van der Waals surface area (Å²) in [7, 11) is 1.99. The van der Waals surface area contributed by atoms with Crippen molar-refractivity contribution < 1.29 is 51.4 Å². The Labute approximate surface area is 485 Å². The molecule has 442 valence electrons. The van der Waals surface area contributed by atoms with Gasteiger partial charge in [0.2, 0.25) is 5.95 Å². The van der Waals surface area contributed by atoms with E-state index in [1.165, 1.54) is 23.2 Å². The number of fused-ring (bicyclic) bond motifs is 1. The molecule has 3 N–H and O–H groups in total. The van der Waals surface area contributed by atoms with Gasteiger partial charge in [-0.2, -0.15) is 9.97 Å². The van der Waals surface area contributed by atoms with Crippen molar-refractivity contribution in [1.29, 1.82) is 0 Å². The summed E-state index contributed by atoms with van der Waals surface area (Å²) in [6, 6.07) is 35.6. The van der Waals surface area contributed by atoms with Gasteiger partial charge in [-0.1, -0.05) is 107 Å². The number of carbonyl (C=O) groups excluding carboxylic acids is 1. The Morgan fingerprint density at radius 1 is 0.735 bits per heavy atom. The molecule has 2 fully saturated rings. The van der Waals surface area contributed by atoms with Crippen LogP contribution in [0.25, 0.3) is 11.2 Å². The van der Waals surface area contributed by atoms with Crippen LogP contribution in [0.4, 0.5) is 11.8 Å². The lowest BCUT2D eigenvalue weighted by Gasteiger charge is -2.40. The molecule has 2 saturated heterocycles. The van der Waals surface area contributed by atoms with E-state index >= 15 is 0 Å². The van der Waals surface area contributed by atoms with E-state index in [0.717, 1.165) is 16.7 Å². The summed E-state index contributed by atoms with van der Waals surface area (Å²) in [6.07, 6.45) is -3.78. The van der Waals surface area contributed by atoms with E-state index in [4.69, 9.17) is 51.6 Å². The maximum atomic E-state index is 13.9. The van der Waals surface area contributed by atoms with Crippen molar-refractivity contribution in [2.45, 2.75) is 107 Å². The zero-order valence-electron chi connectivity index (χ0n) is 48.9. The van der Waals surface area contributed by atoms with Gasteiger partial charge in [-0.3, -0.25) is 23.7 Å². The molecule has 0 spiro atoms. The highest BCUT2D eigenvalue weighted by molar-refractivity contribution is 7.46. The standard InChI is InChI=1S/C60H75N8O13PSi/c1-37(2)33-61-57-65-52-47(54(70)66-57)62-36-68(52)56-50(74-8)48(44(78-56)34-76-60(39-21-17-14-18-22-39,40-23-27-42(72-6)28-24-40)41-25-29-43(73-7)30-26-41)80-82(10)77-35-45-49(81-83(11,12)59(3,4)5)51(75-9)55(79-45)67-32-31-46(64-58(67)71)63-53(69)38-19-15-13-16-20-38/h13-32,36-37,44-45,48-51,55-56H,33-35H2,1-12H3,(H2,61,65,66,70)(H,63,64,69,71)/t44-,45-,48-,49-,50-,51-,55-,56-,82?/m1/s1. The number of nitrogens with zero attached hydrogens (tertiary/aromatic N) is 5. The highest BCUT2D eigenvalue weighted by atomic mass is 31.2. The highest BCUT2D eigenvalue weighted by Crippen LogP contribution is 2.48. The van der Waals surface area contributed by atoms with E-state index in [1.54, 1.807) is 57.3 Å². The zero-order valence-corrected chi connectivity index (χ0v) is 50.8. The quantitative estimate of drug-likeness (QED) is 0.0291. The SMILES string of the molecule is COc1ccc(C(OC[C@H]2O[C@@H](n3cnc4c(=O)[nH]c(NCC(C)C)nc43)[C@H](OC)[C@@H]2OP(C)OC[C@H]2O[C@@H](n3ccc(NC(=O)c4ccccc4)nc3=O)[C@H](OC)[C@@H]2O[Si](C)(C)C(C)(C)C)(c2ccccc2)c2ccc(OC)cc2)cc1. The van der Waals surface area contributed by atoms with E-state index in [0.29, 0.717) is 23.6 Å². The summed E-state index contributed by atoms with van der Waals surface area (Å²) in [6.45, 7) is 17.1. The summed E-state index contributed by atoms with van der Waals surface area (Å²) >= 11 is 0. The fraction of sp³-hybridized carbons (Fsp3) is 0.433. The van der Waals surface area contributed by atoms with Crippen LogP contribution in [0.15, 0.2) is 137 Å². The van der Waals surface area contributed by atoms with Crippen molar-refractivity contribution in [2.75, 3.05) is 65.5 Å². The number of aromatic nitrogens is 6. The predicted octanol–water partition coefficient (Wildman–Crippen LogP) is 9.28. The summed E-state index contributed by atoms with van der Waals surface area (Å²) in [5.41, 5.74) is 0.903. The summed E-state index contributed by atoms with van der Waals surface area (Å²) in [5, 5.41) is 5.73. The van der Waals surface area contributed by atoms with Crippen LogP contribution < -0.4 is 31.4 Å². The molecule has 0 bridgehead atoms. The summed E-state index contributed by atoms with van der Waals surface area (Å²) in [5.74, 6) is 1.55. The molecule has 3 aromatic heterocycles. The molecule has 9 rings (SSSR count). The van der Waals surface area contributed by atoms with E-state index in [2.05, 4.69) is 73.3 Å². The van der Waals surface area contributed by atoms with Gasteiger partial charge in [0, 0.05) is 39.2 Å². The van der Waals surface area contributed by atoms with Crippen molar-refractivity contribution in [1.82, 2.24) is 29.1 Å². The number of imidazole rings is 1. The molecule has 83 heavy (non-hydrogen) atoms. The molecule has 2 aliphatic rings. The number of hydrogen-bond acceptors (Lipinski definition) is 17. The minimum atomic E-state index is -2.55. The molecule has 1 amide bonds. The van der Waals surface area contributed by atoms with Crippen LogP contribution in [0, 0.1) is 5.92 Å². The van der Waals surface area contributed by atoms with Crippen LogP contribution in [0.1, 0.15) is 74.1 Å². The van der Waals surface area contributed by atoms with Crippen LogP contribution in [-0.2, 0) is 42.8 Å².